The summed E-state index contributed by atoms with van der Waals surface area (Å²) in [6.45, 7) is 1.17. The summed E-state index contributed by atoms with van der Waals surface area (Å²) in [7, 11) is 2.89. The lowest BCUT2D eigenvalue weighted by Crippen LogP contribution is -2.19. The van der Waals surface area contributed by atoms with Crippen LogP contribution in [0, 0.1) is 0 Å². The van der Waals surface area contributed by atoms with Crippen LogP contribution in [0.5, 0.6) is 0 Å². The van der Waals surface area contributed by atoms with Crippen LogP contribution in [-0.2, 0) is 33.8 Å². The van der Waals surface area contributed by atoms with Gasteiger partial charge in [0.1, 0.15) is 11.4 Å². The van der Waals surface area contributed by atoms with Crippen molar-refractivity contribution >= 4 is 34.3 Å². The van der Waals surface area contributed by atoms with Crippen molar-refractivity contribution in [3.8, 4) is 0 Å². The average Bonchev–Trinajstić information content (AvgIpc) is 3.48. The first-order valence-corrected chi connectivity index (χ1v) is 10.8. The number of pyridine rings is 1. The molecule has 4 rings (SSSR count). The van der Waals surface area contributed by atoms with Gasteiger partial charge in [0.25, 0.3) is 0 Å². The Kier molecular flexibility index (Phi) is 7.24. The second kappa shape index (κ2) is 10.7. The second-order valence-corrected chi connectivity index (χ2v) is 7.60. The van der Waals surface area contributed by atoms with Crippen LogP contribution in [0.2, 0.25) is 0 Å². The molecule has 2 N–H and O–H groups in total. The van der Waals surface area contributed by atoms with E-state index >= 15 is 0 Å². The van der Waals surface area contributed by atoms with Gasteiger partial charge >= 0.3 is 5.97 Å². The quantitative estimate of drug-likeness (QED) is 0.345. The van der Waals surface area contributed by atoms with Crippen molar-refractivity contribution in [2.75, 3.05) is 31.5 Å². The fraction of sp³-hybridized carbons (Fsp3) is 0.240. The SMILES string of the molecule is COCCn1c(C(=O)OC)c(NC(=O)Cc2ccccc2)c2cc(NCc3ccco3)cnc21. The monoisotopic (exact) mass is 462 g/mol. The molecule has 0 saturated carbocycles. The lowest BCUT2D eigenvalue weighted by Gasteiger charge is -2.10. The zero-order valence-corrected chi connectivity index (χ0v) is 19.0. The number of fused-ring (bicyclic) bond motifs is 1. The van der Waals surface area contributed by atoms with E-state index in [9.17, 15) is 9.59 Å². The lowest BCUT2D eigenvalue weighted by atomic mass is 10.1. The fourth-order valence-electron chi connectivity index (χ4n) is 3.72. The number of carbonyl (C=O) groups excluding carboxylic acids is 2. The van der Waals surface area contributed by atoms with Crippen molar-refractivity contribution in [3.05, 3.63) is 78.0 Å². The summed E-state index contributed by atoms with van der Waals surface area (Å²) in [6, 6.07) is 14.9. The molecule has 1 aromatic carbocycles. The Labute approximate surface area is 196 Å². The molecule has 0 aliphatic carbocycles. The van der Waals surface area contributed by atoms with E-state index in [-0.39, 0.29) is 18.0 Å². The number of furan rings is 1. The number of aromatic nitrogens is 2. The maximum atomic E-state index is 12.9. The van der Waals surface area contributed by atoms with E-state index in [2.05, 4.69) is 15.6 Å². The molecule has 3 heterocycles. The Hall–Kier alpha value is -4.11. The number of amides is 1. The molecule has 0 bridgehead atoms. The van der Waals surface area contributed by atoms with Gasteiger partial charge in [-0.05, 0) is 23.8 Å². The number of nitrogens with zero attached hydrogens (tertiary/aromatic N) is 2. The molecular weight excluding hydrogens is 436 g/mol. The molecule has 4 aromatic rings. The number of hydrogen-bond acceptors (Lipinski definition) is 7. The first-order chi connectivity index (χ1) is 16.6. The Bertz CT molecular complexity index is 1270. The summed E-state index contributed by atoms with van der Waals surface area (Å²) >= 11 is 0. The van der Waals surface area contributed by atoms with E-state index in [1.54, 1.807) is 24.1 Å². The topological polar surface area (TPSA) is 108 Å². The van der Waals surface area contributed by atoms with Gasteiger partial charge in [-0.3, -0.25) is 4.79 Å². The number of anilines is 2. The maximum absolute atomic E-state index is 12.9. The van der Waals surface area contributed by atoms with Gasteiger partial charge in [0.2, 0.25) is 5.91 Å². The smallest absolute Gasteiger partial charge is 0.356 e. The summed E-state index contributed by atoms with van der Waals surface area (Å²) in [4.78, 5) is 30.3. The van der Waals surface area contributed by atoms with Crippen LogP contribution in [0.15, 0.2) is 65.4 Å². The molecule has 9 heteroatoms. The number of esters is 1. The highest BCUT2D eigenvalue weighted by Crippen LogP contribution is 2.33. The van der Waals surface area contributed by atoms with Crippen molar-refractivity contribution in [2.24, 2.45) is 0 Å². The zero-order valence-electron chi connectivity index (χ0n) is 19.0. The number of methoxy groups -OCH3 is 2. The van der Waals surface area contributed by atoms with E-state index in [1.165, 1.54) is 7.11 Å². The van der Waals surface area contributed by atoms with E-state index in [1.807, 2.05) is 48.5 Å². The maximum Gasteiger partial charge on any atom is 0.356 e. The lowest BCUT2D eigenvalue weighted by molar-refractivity contribution is -0.115. The normalized spacial score (nSPS) is 10.9. The van der Waals surface area contributed by atoms with Gasteiger partial charge in [-0.25, -0.2) is 9.78 Å². The molecule has 0 aliphatic heterocycles. The summed E-state index contributed by atoms with van der Waals surface area (Å²) in [5, 5.41) is 6.79. The molecule has 34 heavy (non-hydrogen) atoms. The predicted molar refractivity (Wildman–Crippen MR) is 128 cm³/mol. The molecule has 0 atom stereocenters. The van der Waals surface area contributed by atoms with E-state index in [0.717, 1.165) is 11.3 Å². The minimum absolute atomic E-state index is 0.163. The van der Waals surface area contributed by atoms with Crippen LogP contribution >= 0.6 is 0 Å². The van der Waals surface area contributed by atoms with Gasteiger partial charge in [0.15, 0.2) is 5.69 Å². The number of carbonyl (C=O) groups is 2. The molecule has 3 aromatic heterocycles. The molecule has 0 radical (unpaired) electrons. The first kappa shape index (κ1) is 23.1. The number of ether oxygens (including phenoxy) is 2. The predicted octanol–water partition coefficient (Wildman–Crippen LogP) is 3.86. The highest BCUT2D eigenvalue weighted by atomic mass is 16.5. The van der Waals surface area contributed by atoms with E-state index in [0.29, 0.717) is 42.1 Å². The molecule has 1 amide bonds. The van der Waals surface area contributed by atoms with Gasteiger partial charge in [0.05, 0.1) is 50.5 Å². The molecule has 0 saturated heterocycles. The molecule has 0 fully saturated rings. The Morgan fingerprint density at radius 1 is 1.12 bits per heavy atom. The van der Waals surface area contributed by atoms with Gasteiger partial charge in [-0.1, -0.05) is 30.3 Å². The largest absolute Gasteiger partial charge is 0.467 e. The van der Waals surface area contributed by atoms with Crippen molar-refractivity contribution in [3.63, 3.8) is 0 Å². The summed E-state index contributed by atoms with van der Waals surface area (Å²) in [5.74, 6) is -0.0605. The molecule has 9 nitrogen and oxygen atoms in total. The third-order valence-electron chi connectivity index (χ3n) is 5.31. The van der Waals surface area contributed by atoms with Gasteiger partial charge in [-0.2, -0.15) is 0 Å². The highest BCUT2D eigenvalue weighted by Gasteiger charge is 2.26. The van der Waals surface area contributed by atoms with Crippen LogP contribution in [0.25, 0.3) is 11.0 Å². The van der Waals surface area contributed by atoms with Crippen LogP contribution in [0.1, 0.15) is 21.8 Å². The van der Waals surface area contributed by atoms with Crippen LogP contribution < -0.4 is 10.6 Å². The standard InChI is InChI=1S/C25H26N4O5/c1-32-12-10-29-23(25(31)33-2)22(28-21(30)13-17-7-4-3-5-8-17)20-14-18(15-27-24(20)29)26-16-19-9-6-11-34-19/h3-9,11,14-15,26H,10,12-13,16H2,1-2H3,(H,28,30). The number of benzene rings is 1. The van der Waals surface area contributed by atoms with Crippen molar-refractivity contribution in [1.82, 2.24) is 9.55 Å². The van der Waals surface area contributed by atoms with E-state index < -0.39 is 5.97 Å². The highest BCUT2D eigenvalue weighted by molar-refractivity contribution is 6.11. The Morgan fingerprint density at radius 2 is 1.94 bits per heavy atom. The Morgan fingerprint density at radius 3 is 2.65 bits per heavy atom. The van der Waals surface area contributed by atoms with Crippen LogP contribution in [0.4, 0.5) is 11.4 Å². The third-order valence-corrected chi connectivity index (χ3v) is 5.31. The average molecular weight is 463 g/mol. The molecule has 176 valence electrons. The van der Waals surface area contributed by atoms with Crippen LogP contribution in [0.3, 0.4) is 0 Å². The summed E-state index contributed by atoms with van der Waals surface area (Å²) in [5.41, 5.74) is 2.68. The number of hydrogen-bond donors (Lipinski definition) is 2. The van der Waals surface area contributed by atoms with Gasteiger partial charge < -0.3 is 29.1 Å². The fourth-order valence-corrected chi connectivity index (χ4v) is 3.72. The molecule has 0 unspecified atom stereocenters. The van der Waals surface area contributed by atoms with Gasteiger partial charge in [-0.15, -0.1) is 0 Å². The van der Waals surface area contributed by atoms with Crippen molar-refractivity contribution < 1.29 is 23.5 Å². The minimum Gasteiger partial charge on any atom is -0.467 e. The summed E-state index contributed by atoms with van der Waals surface area (Å²) < 4.78 is 17.3. The van der Waals surface area contributed by atoms with Crippen molar-refractivity contribution in [1.29, 1.82) is 0 Å². The summed E-state index contributed by atoms with van der Waals surface area (Å²) in [6.07, 6.45) is 3.44. The second-order valence-electron chi connectivity index (χ2n) is 7.60. The van der Waals surface area contributed by atoms with Gasteiger partial charge in [0, 0.05) is 19.0 Å². The molecule has 0 spiro atoms. The third kappa shape index (κ3) is 5.10. The van der Waals surface area contributed by atoms with Crippen LogP contribution in [-0.4, -0.2) is 42.3 Å². The van der Waals surface area contributed by atoms with E-state index in [4.69, 9.17) is 13.9 Å². The first-order valence-electron chi connectivity index (χ1n) is 10.8. The van der Waals surface area contributed by atoms with Crippen molar-refractivity contribution in [2.45, 2.75) is 19.5 Å². The molecule has 0 aliphatic rings. The Balaban J connectivity index is 1.73. The number of nitrogens with one attached hydrogen (secondary N) is 2. The molecular formula is C25H26N4O5. The number of rotatable bonds is 10. The minimum atomic E-state index is -0.575. The zero-order chi connectivity index (χ0) is 23.9.